The van der Waals surface area contributed by atoms with Gasteiger partial charge in [-0.3, -0.25) is 9.59 Å². The zero-order valence-electron chi connectivity index (χ0n) is 15.9. The molecule has 1 atom stereocenters. The van der Waals surface area contributed by atoms with Gasteiger partial charge in [-0.15, -0.1) is 11.8 Å². The summed E-state index contributed by atoms with van der Waals surface area (Å²) in [5.41, 5.74) is 1.31. The van der Waals surface area contributed by atoms with Gasteiger partial charge < -0.3 is 10.1 Å². The van der Waals surface area contributed by atoms with Crippen molar-refractivity contribution in [2.75, 3.05) is 12.9 Å². The lowest BCUT2D eigenvalue weighted by Crippen LogP contribution is -2.33. The van der Waals surface area contributed by atoms with E-state index in [2.05, 4.69) is 5.32 Å². The van der Waals surface area contributed by atoms with Crippen molar-refractivity contribution in [1.29, 1.82) is 0 Å². The summed E-state index contributed by atoms with van der Waals surface area (Å²) in [7, 11) is 1.61. The second-order valence-electron chi connectivity index (χ2n) is 6.55. The van der Waals surface area contributed by atoms with Gasteiger partial charge in [-0.05, 0) is 42.7 Å². The number of ketones is 1. The second-order valence-corrected chi connectivity index (χ2v) is 7.57. The molecule has 1 N–H and O–H groups in total. The molecule has 0 aliphatic heterocycles. The van der Waals surface area contributed by atoms with Crippen LogP contribution >= 0.6 is 11.8 Å². The molecular weight excluding hydrogens is 365 g/mol. The predicted octanol–water partition coefficient (Wildman–Crippen LogP) is 4.64. The summed E-state index contributed by atoms with van der Waals surface area (Å²) >= 11 is 1.11. The van der Waals surface area contributed by atoms with E-state index in [-0.39, 0.29) is 29.4 Å². The molecule has 27 heavy (non-hydrogen) atoms. The minimum Gasteiger partial charge on any atom is -0.497 e. The van der Waals surface area contributed by atoms with E-state index in [0.717, 1.165) is 23.1 Å². The highest BCUT2D eigenvalue weighted by molar-refractivity contribution is 8.00. The quantitative estimate of drug-likeness (QED) is 0.528. The standard InChI is InChI=1S/C21H24FNO3S/c1-13(2)21(15-5-8-17(26-4)9-6-15)23-20(25)12-27-19-10-7-16(14(3)24)11-18(19)22/h5-11,13,21H,12H2,1-4H3,(H,23,25). The molecule has 0 spiro atoms. The van der Waals surface area contributed by atoms with Crippen molar-refractivity contribution in [1.82, 2.24) is 5.32 Å². The first-order valence-electron chi connectivity index (χ1n) is 8.68. The Balaban J connectivity index is 2.00. The Bertz CT molecular complexity index is 806. The van der Waals surface area contributed by atoms with Gasteiger partial charge >= 0.3 is 0 Å². The van der Waals surface area contributed by atoms with Gasteiger partial charge in [0.15, 0.2) is 5.78 Å². The third kappa shape index (κ3) is 5.82. The van der Waals surface area contributed by atoms with Gasteiger partial charge in [0.1, 0.15) is 11.6 Å². The summed E-state index contributed by atoms with van der Waals surface area (Å²) in [5, 5.41) is 3.01. The molecular formula is C21H24FNO3S. The number of nitrogens with one attached hydrogen (secondary N) is 1. The molecule has 0 saturated carbocycles. The molecule has 2 aromatic carbocycles. The number of hydrogen-bond acceptors (Lipinski definition) is 4. The van der Waals surface area contributed by atoms with Crippen LogP contribution < -0.4 is 10.1 Å². The highest BCUT2D eigenvalue weighted by Gasteiger charge is 2.19. The van der Waals surface area contributed by atoms with Gasteiger partial charge in [-0.25, -0.2) is 4.39 Å². The minimum atomic E-state index is -0.490. The van der Waals surface area contributed by atoms with Gasteiger partial charge in [-0.2, -0.15) is 0 Å². The maximum atomic E-state index is 14.1. The molecule has 0 radical (unpaired) electrons. The largest absolute Gasteiger partial charge is 0.497 e. The number of hydrogen-bond donors (Lipinski definition) is 1. The summed E-state index contributed by atoms with van der Waals surface area (Å²) < 4.78 is 19.2. The van der Waals surface area contributed by atoms with Crippen LogP contribution in [0.5, 0.6) is 5.75 Å². The van der Waals surface area contributed by atoms with Crippen LogP contribution in [0, 0.1) is 11.7 Å². The number of halogens is 1. The van der Waals surface area contributed by atoms with Gasteiger partial charge in [0.2, 0.25) is 5.91 Å². The lowest BCUT2D eigenvalue weighted by atomic mass is 9.96. The smallest absolute Gasteiger partial charge is 0.230 e. The zero-order valence-corrected chi connectivity index (χ0v) is 16.7. The van der Waals surface area contributed by atoms with E-state index < -0.39 is 5.82 Å². The lowest BCUT2D eigenvalue weighted by Gasteiger charge is -2.23. The number of carbonyl (C=O) groups excluding carboxylic acids is 2. The van der Waals surface area contributed by atoms with E-state index in [4.69, 9.17) is 4.74 Å². The van der Waals surface area contributed by atoms with Crippen LogP contribution in [0.25, 0.3) is 0 Å². The fourth-order valence-electron chi connectivity index (χ4n) is 2.64. The maximum absolute atomic E-state index is 14.1. The number of rotatable bonds is 8. The van der Waals surface area contributed by atoms with Crippen LogP contribution in [-0.2, 0) is 4.79 Å². The minimum absolute atomic E-state index is 0.0930. The number of thioether (sulfide) groups is 1. The van der Waals surface area contributed by atoms with Crippen LogP contribution in [0.3, 0.4) is 0 Å². The Morgan fingerprint density at radius 3 is 2.33 bits per heavy atom. The molecule has 0 saturated heterocycles. The summed E-state index contributed by atoms with van der Waals surface area (Å²) in [6, 6.07) is 11.7. The predicted molar refractivity (Wildman–Crippen MR) is 106 cm³/mol. The molecule has 0 bridgehead atoms. The first-order valence-corrected chi connectivity index (χ1v) is 9.67. The average Bonchev–Trinajstić information content (AvgIpc) is 2.64. The van der Waals surface area contributed by atoms with Gasteiger partial charge in [0, 0.05) is 10.5 Å². The number of ether oxygens (including phenoxy) is 1. The summed E-state index contributed by atoms with van der Waals surface area (Å²) in [5.74, 6) is 0.185. The Morgan fingerprint density at radius 1 is 1.15 bits per heavy atom. The molecule has 0 fully saturated rings. The molecule has 2 rings (SSSR count). The number of benzene rings is 2. The van der Waals surface area contributed by atoms with Crippen molar-refractivity contribution in [2.24, 2.45) is 5.92 Å². The first kappa shape index (κ1) is 21.0. The van der Waals surface area contributed by atoms with Crippen molar-refractivity contribution in [3.05, 3.63) is 59.4 Å². The van der Waals surface area contributed by atoms with E-state index in [9.17, 15) is 14.0 Å². The lowest BCUT2D eigenvalue weighted by molar-refractivity contribution is -0.119. The molecule has 1 unspecified atom stereocenters. The van der Waals surface area contributed by atoms with Gasteiger partial charge in [0.05, 0.1) is 18.9 Å². The van der Waals surface area contributed by atoms with E-state index in [0.29, 0.717) is 10.5 Å². The summed E-state index contributed by atoms with van der Waals surface area (Å²) in [4.78, 5) is 24.0. The Kier molecular flexibility index (Phi) is 7.42. The number of Topliss-reactive ketones (excluding diaryl/α,β-unsaturated/α-hetero) is 1. The van der Waals surface area contributed by atoms with Gasteiger partial charge in [0.25, 0.3) is 0 Å². The van der Waals surface area contributed by atoms with E-state index in [1.165, 1.54) is 19.1 Å². The highest BCUT2D eigenvalue weighted by atomic mass is 32.2. The third-order valence-electron chi connectivity index (χ3n) is 4.16. The van der Waals surface area contributed by atoms with Crippen molar-refractivity contribution < 1.29 is 18.7 Å². The highest BCUT2D eigenvalue weighted by Crippen LogP contribution is 2.26. The van der Waals surface area contributed by atoms with Crippen LogP contribution in [0.1, 0.15) is 42.7 Å². The normalized spacial score (nSPS) is 11.9. The number of amides is 1. The molecule has 2 aromatic rings. The molecule has 0 aliphatic rings. The molecule has 1 amide bonds. The van der Waals surface area contributed by atoms with E-state index >= 15 is 0 Å². The molecule has 144 valence electrons. The van der Waals surface area contributed by atoms with E-state index in [1.807, 2.05) is 38.1 Å². The second kappa shape index (κ2) is 9.55. The number of carbonyl (C=O) groups is 2. The average molecular weight is 389 g/mol. The topological polar surface area (TPSA) is 55.4 Å². The van der Waals surface area contributed by atoms with Crippen LogP contribution in [0.15, 0.2) is 47.4 Å². The third-order valence-corrected chi connectivity index (χ3v) is 5.20. The Morgan fingerprint density at radius 2 is 1.81 bits per heavy atom. The van der Waals surface area contributed by atoms with Crippen LogP contribution in [0.2, 0.25) is 0 Å². The van der Waals surface area contributed by atoms with Crippen molar-refractivity contribution in [3.8, 4) is 5.75 Å². The zero-order chi connectivity index (χ0) is 20.0. The maximum Gasteiger partial charge on any atom is 0.230 e. The van der Waals surface area contributed by atoms with Crippen molar-refractivity contribution >= 4 is 23.5 Å². The molecule has 6 heteroatoms. The first-order chi connectivity index (χ1) is 12.8. The Hall–Kier alpha value is -2.34. The van der Waals surface area contributed by atoms with Crippen molar-refractivity contribution in [2.45, 2.75) is 31.7 Å². The van der Waals surface area contributed by atoms with E-state index in [1.54, 1.807) is 13.2 Å². The molecule has 4 nitrogen and oxygen atoms in total. The fourth-order valence-corrected chi connectivity index (χ4v) is 3.37. The van der Waals surface area contributed by atoms with Crippen molar-refractivity contribution in [3.63, 3.8) is 0 Å². The Labute approximate surface area is 163 Å². The van der Waals surface area contributed by atoms with Crippen LogP contribution in [-0.4, -0.2) is 24.6 Å². The molecule has 0 aromatic heterocycles. The fraction of sp³-hybridized carbons (Fsp3) is 0.333. The van der Waals surface area contributed by atoms with Gasteiger partial charge in [-0.1, -0.05) is 32.0 Å². The summed E-state index contributed by atoms with van der Waals surface area (Å²) in [6.07, 6.45) is 0. The molecule has 0 aliphatic carbocycles. The molecule has 0 heterocycles. The summed E-state index contributed by atoms with van der Waals surface area (Å²) in [6.45, 7) is 5.45. The monoisotopic (exact) mass is 389 g/mol. The SMILES string of the molecule is COc1ccc(C(NC(=O)CSc2ccc(C(C)=O)cc2F)C(C)C)cc1. The van der Waals surface area contributed by atoms with Crippen LogP contribution in [0.4, 0.5) is 4.39 Å². The number of methoxy groups -OCH3 is 1.